The van der Waals surface area contributed by atoms with E-state index in [0.717, 1.165) is 28.8 Å². The van der Waals surface area contributed by atoms with Crippen molar-refractivity contribution in [3.63, 3.8) is 0 Å². The molecule has 0 radical (unpaired) electrons. The summed E-state index contributed by atoms with van der Waals surface area (Å²) in [7, 11) is 1.61. The van der Waals surface area contributed by atoms with Crippen molar-refractivity contribution in [3.05, 3.63) is 88.4 Å². The third kappa shape index (κ3) is 5.41. The minimum atomic E-state index is -4.44. The van der Waals surface area contributed by atoms with E-state index in [4.69, 9.17) is 16.3 Å². The predicted molar refractivity (Wildman–Crippen MR) is 143 cm³/mol. The monoisotopic (exact) mass is 543 g/mol. The van der Waals surface area contributed by atoms with Gasteiger partial charge in [-0.3, -0.25) is 4.79 Å². The number of nitrogens with one attached hydrogen (secondary N) is 1. The number of amides is 1. The Balaban J connectivity index is 1.38. The number of methoxy groups -OCH3 is 1. The molecular formula is C29H29ClF3N3O2. The van der Waals surface area contributed by atoms with Gasteiger partial charge in [0.2, 0.25) is 5.91 Å². The molecule has 3 aromatic carbocycles. The fourth-order valence-electron chi connectivity index (χ4n) is 5.48. The Morgan fingerprint density at radius 3 is 2.53 bits per heavy atom. The Kier molecular flexibility index (Phi) is 7.43. The standard InChI is InChI=1S/C29H29ClF3N3O2/c1-38-22-9-6-19(7-10-22)12-13-34-28(37)23-17-20-16-21(29(31,32)33)8-11-25(20)36-15-14-35(18-27(23)36)26-5-3-2-4-24(26)30/h2-11,16,23,27H,12-15,17-18H2,1H3,(H,34,37). The summed E-state index contributed by atoms with van der Waals surface area (Å²) in [5, 5.41) is 3.67. The van der Waals surface area contributed by atoms with Crippen molar-refractivity contribution in [2.24, 2.45) is 5.92 Å². The lowest BCUT2D eigenvalue weighted by molar-refractivity contribution is -0.137. The molecule has 38 heavy (non-hydrogen) atoms. The van der Waals surface area contributed by atoms with Crippen LogP contribution in [-0.2, 0) is 23.8 Å². The Morgan fingerprint density at radius 2 is 1.82 bits per heavy atom. The number of hydrogen-bond acceptors (Lipinski definition) is 4. The summed E-state index contributed by atoms with van der Waals surface area (Å²) in [5.74, 6) is 0.0991. The number of nitrogens with zero attached hydrogens (tertiary/aromatic N) is 2. The molecule has 5 rings (SSSR count). The minimum absolute atomic E-state index is 0.155. The van der Waals surface area contributed by atoms with Gasteiger partial charge in [0.25, 0.3) is 0 Å². The lowest BCUT2D eigenvalue weighted by Crippen LogP contribution is -2.61. The van der Waals surface area contributed by atoms with Crippen LogP contribution in [0.1, 0.15) is 16.7 Å². The first-order chi connectivity index (χ1) is 18.2. The topological polar surface area (TPSA) is 44.8 Å². The SMILES string of the molecule is COc1ccc(CCNC(=O)C2Cc3cc(C(F)(F)F)ccc3N3CCN(c4ccccc4Cl)CC23)cc1. The number of carbonyl (C=O) groups is 1. The van der Waals surface area contributed by atoms with E-state index < -0.39 is 17.7 Å². The van der Waals surface area contributed by atoms with Gasteiger partial charge in [-0.2, -0.15) is 13.2 Å². The van der Waals surface area contributed by atoms with Crippen molar-refractivity contribution in [1.29, 1.82) is 0 Å². The van der Waals surface area contributed by atoms with Gasteiger partial charge in [-0.15, -0.1) is 0 Å². The lowest BCUT2D eigenvalue weighted by Gasteiger charge is -2.50. The third-order valence-corrected chi connectivity index (χ3v) is 7.76. The summed E-state index contributed by atoms with van der Waals surface area (Å²) >= 11 is 6.47. The molecule has 0 bridgehead atoms. The Hall–Kier alpha value is -3.39. The zero-order chi connectivity index (χ0) is 26.9. The predicted octanol–water partition coefficient (Wildman–Crippen LogP) is 5.59. The molecule has 0 aromatic heterocycles. The quantitative estimate of drug-likeness (QED) is 0.440. The summed E-state index contributed by atoms with van der Waals surface area (Å²) in [6.07, 6.45) is -3.56. The van der Waals surface area contributed by atoms with Crippen LogP contribution in [0.2, 0.25) is 5.02 Å². The number of fused-ring (bicyclic) bond motifs is 3. The maximum atomic E-state index is 13.5. The fraction of sp³-hybridized carbons (Fsp3) is 0.345. The fourth-order valence-corrected chi connectivity index (χ4v) is 5.73. The maximum absolute atomic E-state index is 13.5. The first-order valence-corrected chi connectivity index (χ1v) is 13.0. The van der Waals surface area contributed by atoms with Crippen LogP contribution in [-0.4, -0.2) is 45.2 Å². The number of carbonyl (C=O) groups excluding carboxylic acids is 1. The molecule has 1 N–H and O–H groups in total. The molecule has 1 fully saturated rings. The summed E-state index contributed by atoms with van der Waals surface area (Å²) in [5.41, 5.74) is 2.58. The average molecular weight is 544 g/mol. The van der Waals surface area contributed by atoms with Gasteiger partial charge < -0.3 is 19.9 Å². The molecule has 1 saturated heterocycles. The van der Waals surface area contributed by atoms with Gasteiger partial charge in [0.05, 0.1) is 35.3 Å². The van der Waals surface area contributed by atoms with E-state index in [1.807, 2.05) is 48.5 Å². The number of benzene rings is 3. The number of anilines is 2. The van der Waals surface area contributed by atoms with Crippen LogP contribution in [0.5, 0.6) is 5.75 Å². The molecule has 2 heterocycles. The maximum Gasteiger partial charge on any atom is 0.416 e. The van der Waals surface area contributed by atoms with Gasteiger partial charge in [-0.05, 0) is 66.4 Å². The largest absolute Gasteiger partial charge is 0.497 e. The van der Waals surface area contributed by atoms with Crippen molar-refractivity contribution >= 4 is 28.9 Å². The first kappa shape index (κ1) is 26.2. The van der Waals surface area contributed by atoms with Gasteiger partial charge >= 0.3 is 6.18 Å². The van der Waals surface area contributed by atoms with Crippen molar-refractivity contribution in [1.82, 2.24) is 5.32 Å². The highest BCUT2D eigenvalue weighted by molar-refractivity contribution is 6.33. The van der Waals surface area contributed by atoms with Crippen LogP contribution in [0.25, 0.3) is 0 Å². The number of rotatable bonds is 6. The normalized spacial score (nSPS) is 19.0. The van der Waals surface area contributed by atoms with Crippen molar-refractivity contribution in [2.75, 3.05) is 43.1 Å². The van der Waals surface area contributed by atoms with Gasteiger partial charge in [-0.1, -0.05) is 35.9 Å². The van der Waals surface area contributed by atoms with Crippen LogP contribution >= 0.6 is 11.6 Å². The molecular weight excluding hydrogens is 515 g/mol. The summed E-state index contributed by atoms with van der Waals surface area (Å²) in [6, 6.07) is 18.9. The van der Waals surface area contributed by atoms with Crippen molar-refractivity contribution < 1.29 is 22.7 Å². The molecule has 3 aromatic rings. The molecule has 2 unspecified atom stereocenters. The van der Waals surface area contributed by atoms with Gasteiger partial charge in [0, 0.05) is 31.9 Å². The van der Waals surface area contributed by atoms with Gasteiger partial charge in [0.15, 0.2) is 0 Å². The summed E-state index contributed by atoms with van der Waals surface area (Å²) < 4.78 is 45.6. The molecule has 9 heteroatoms. The smallest absolute Gasteiger partial charge is 0.416 e. The second kappa shape index (κ2) is 10.8. The van der Waals surface area contributed by atoms with Gasteiger partial charge in [-0.25, -0.2) is 0 Å². The molecule has 200 valence electrons. The van der Waals surface area contributed by atoms with Crippen LogP contribution in [0.15, 0.2) is 66.7 Å². The molecule has 1 amide bonds. The molecule has 0 aliphatic carbocycles. The third-order valence-electron chi connectivity index (χ3n) is 7.44. The summed E-state index contributed by atoms with van der Waals surface area (Å²) in [4.78, 5) is 17.8. The Morgan fingerprint density at radius 1 is 1.05 bits per heavy atom. The van der Waals surface area contributed by atoms with E-state index in [1.165, 1.54) is 6.07 Å². The number of halogens is 4. The highest BCUT2D eigenvalue weighted by atomic mass is 35.5. The number of alkyl halides is 3. The van der Waals surface area contributed by atoms with E-state index in [-0.39, 0.29) is 18.4 Å². The van der Waals surface area contributed by atoms with E-state index in [9.17, 15) is 18.0 Å². The Bertz CT molecular complexity index is 1300. The average Bonchev–Trinajstić information content (AvgIpc) is 2.92. The molecule has 0 saturated carbocycles. The highest BCUT2D eigenvalue weighted by Crippen LogP contribution is 2.41. The Labute approximate surface area is 225 Å². The van der Waals surface area contributed by atoms with Crippen molar-refractivity contribution in [3.8, 4) is 5.75 Å². The number of ether oxygens (including phenoxy) is 1. The zero-order valence-corrected chi connectivity index (χ0v) is 21.7. The van der Waals surface area contributed by atoms with E-state index in [0.29, 0.717) is 43.2 Å². The second-order valence-corrected chi connectivity index (χ2v) is 10.1. The highest BCUT2D eigenvalue weighted by Gasteiger charge is 2.43. The van der Waals surface area contributed by atoms with Crippen LogP contribution in [0.3, 0.4) is 0 Å². The second-order valence-electron chi connectivity index (χ2n) is 9.70. The molecule has 2 aliphatic rings. The van der Waals surface area contributed by atoms with Crippen molar-refractivity contribution in [2.45, 2.75) is 25.1 Å². The van der Waals surface area contributed by atoms with Gasteiger partial charge in [0.1, 0.15) is 5.75 Å². The molecule has 5 nitrogen and oxygen atoms in total. The van der Waals surface area contributed by atoms with E-state index in [2.05, 4.69) is 15.1 Å². The number of hydrogen-bond donors (Lipinski definition) is 1. The zero-order valence-electron chi connectivity index (χ0n) is 21.0. The van der Waals surface area contributed by atoms with E-state index in [1.54, 1.807) is 13.2 Å². The lowest BCUT2D eigenvalue weighted by atomic mass is 9.82. The van der Waals surface area contributed by atoms with Crippen LogP contribution in [0, 0.1) is 5.92 Å². The summed E-state index contributed by atoms with van der Waals surface area (Å²) in [6.45, 7) is 2.19. The number of piperazine rings is 1. The minimum Gasteiger partial charge on any atom is -0.497 e. The number of para-hydroxylation sites is 1. The molecule has 2 aliphatic heterocycles. The molecule has 2 atom stereocenters. The van der Waals surface area contributed by atoms with E-state index >= 15 is 0 Å². The molecule has 0 spiro atoms. The van der Waals surface area contributed by atoms with Crippen LogP contribution in [0.4, 0.5) is 24.5 Å². The first-order valence-electron chi connectivity index (χ1n) is 12.6. The van der Waals surface area contributed by atoms with Crippen LogP contribution < -0.4 is 19.9 Å².